The number of aromatic nitrogens is 1. The molecule has 1 aliphatic heterocycles. The first-order chi connectivity index (χ1) is 17.8. The molecule has 0 spiro atoms. The lowest BCUT2D eigenvalue weighted by atomic mass is 9.95. The predicted octanol–water partition coefficient (Wildman–Crippen LogP) is 6.73. The number of hydrogen-bond donors (Lipinski definition) is 1. The Balaban J connectivity index is 1.52. The van der Waals surface area contributed by atoms with Crippen LogP contribution in [0.4, 0.5) is 4.39 Å². The standard InChI is InChI=1S/C29H22ClFN2O3S/c1-17-27(37-28(32-17)20-5-3-2-4-6-20)25(34)23-24(19-9-11-21(30)12-10-19)33(29(36)26(23)35)16-15-18-7-13-22(31)14-8-18/h2-14,24,35H,15-16H2,1H3. The van der Waals surface area contributed by atoms with Crippen LogP contribution in [0.5, 0.6) is 0 Å². The third-order valence-electron chi connectivity index (χ3n) is 6.31. The fraction of sp³-hybridized carbons (Fsp3) is 0.138. The number of ketones is 1. The van der Waals surface area contributed by atoms with Gasteiger partial charge in [0.05, 0.1) is 22.2 Å². The van der Waals surface area contributed by atoms with E-state index < -0.39 is 23.5 Å². The van der Waals surface area contributed by atoms with E-state index >= 15 is 0 Å². The molecular formula is C29H22ClFN2O3S. The maximum Gasteiger partial charge on any atom is 0.290 e. The first-order valence-electron chi connectivity index (χ1n) is 11.6. The number of thiazole rings is 1. The molecule has 186 valence electrons. The summed E-state index contributed by atoms with van der Waals surface area (Å²) >= 11 is 7.33. The van der Waals surface area contributed by atoms with Crippen molar-refractivity contribution in [2.75, 3.05) is 6.54 Å². The van der Waals surface area contributed by atoms with E-state index in [0.717, 1.165) is 11.1 Å². The maximum absolute atomic E-state index is 13.9. The molecule has 5 rings (SSSR count). The molecule has 0 saturated heterocycles. The first-order valence-corrected chi connectivity index (χ1v) is 12.8. The molecule has 8 heteroatoms. The minimum Gasteiger partial charge on any atom is -0.503 e. The number of nitrogens with zero attached hydrogens (tertiary/aromatic N) is 2. The van der Waals surface area contributed by atoms with Crippen LogP contribution in [-0.2, 0) is 11.2 Å². The smallest absolute Gasteiger partial charge is 0.290 e. The lowest BCUT2D eigenvalue weighted by Crippen LogP contribution is -2.33. The highest BCUT2D eigenvalue weighted by Gasteiger charge is 2.44. The van der Waals surface area contributed by atoms with Crippen LogP contribution in [-0.4, -0.2) is 33.2 Å². The van der Waals surface area contributed by atoms with Gasteiger partial charge in [0.1, 0.15) is 10.8 Å². The molecule has 1 unspecified atom stereocenters. The van der Waals surface area contributed by atoms with E-state index in [1.165, 1.54) is 28.4 Å². The quantitative estimate of drug-likeness (QED) is 0.268. The molecule has 37 heavy (non-hydrogen) atoms. The summed E-state index contributed by atoms with van der Waals surface area (Å²) in [5, 5.41) is 12.2. The van der Waals surface area contributed by atoms with E-state index in [9.17, 15) is 19.1 Å². The molecule has 1 atom stereocenters. The van der Waals surface area contributed by atoms with Gasteiger partial charge in [0.25, 0.3) is 5.91 Å². The van der Waals surface area contributed by atoms with Gasteiger partial charge in [-0.25, -0.2) is 9.37 Å². The second kappa shape index (κ2) is 10.3. The average Bonchev–Trinajstić information content (AvgIpc) is 3.41. The van der Waals surface area contributed by atoms with E-state index in [4.69, 9.17) is 11.6 Å². The molecule has 0 bridgehead atoms. The van der Waals surface area contributed by atoms with Gasteiger partial charge in [-0.2, -0.15) is 0 Å². The van der Waals surface area contributed by atoms with E-state index in [-0.39, 0.29) is 17.9 Å². The summed E-state index contributed by atoms with van der Waals surface area (Å²) in [4.78, 5) is 33.6. The lowest BCUT2D eigenvalue weighted by molar-refractivity contribution is -0.129. The molecule has 3 aromatic carbocycles. The zero-order valence-corrected chi connectivity index (χ0v) is 21.4. The third kappa shape index (κ3) is 4.92. The summed E-state index contributed by atoms with van der Waals surface area (Å²) in [6.07, 6.45) is 0.419. The highest BCUT2D eigenvalue weighted by Crippen LogP contribution is 2.41. The Morgan fingerprint density at radius 2 is 1.73 bits per heavy atom. The highest BCUT2D eigenvalue weighted by molar-refractivity contribution is 7.17. The van der Waals surface area contributed by atoms with Crippen LogP contribution in [0.1, 0.15) is 32.5 Å². The molecule has 0 aliphatic carbocycles. The van der Waals surface area contributed by atoms with E-state index in [2.05, 4.69) is 4.98 Å². The van der Waals surface area contributed by atoms with Crippen LogP contribution in [0.15, 0.2) is 90.2 Å². The summed E-state index contributed by atoms with van der Waals surface area (Å²) in [5.74, 6) is -1.98. The van der Waals surface area contributed by atoms with E-state index in [1.807, 2.05) is 30.3 Å². The highest BCUT2D eigenvalue weighted by atomic mass is 35.5. The van der Waals surface area contributed by atoms with Crippen LogP contribution in [0, 0.1) is 12.7 Å². The summed E-state index contributed by atoms with van der Waals surface area (Å²) in [5.41, 5.74) is 2.90. The molecule has 1 aliphatic rings. The van der Waals surface area contributed by atoms with Crippen molar-refractivity contribution < 1.29 is 19.1 Å². The Morgan fingerprint density at radius 1 is 1.05 bits per heavy atom. The molecule has 2 heterocycles. The van der Waals surface area contributed by atoms with E-state index in [0.29, 0.717) is 32.6 Å². The summed E-state index contributed by atoms with van der Waals surface area (Å²) in [7, 11) is 0. The number of Topliss-reactive ketones (excluding diaryl/α,β-unsaturated/α-hetero) is 1. The van der Waals surface area contributed by atoms with Crippen molar-refractivity contribution in [3.8, 4) is 10.6 Å². The average molecular weight is 533 g/mol. The topological polar surface area (TPSA) is 70.5 Å². The number of aliphatic hydroxyl groups is 1. The van der Waals surface area contributed by atoms with Crippen molar-refractivity contribution >= 4 is 34.6 Å². The Bertz CT molecular complexity index is 1500. The summed E-state index contributed by atoms with van der Waals surface area (Å²) < 4.78 is 13.3. The van der Waals surface area contributed by atoms with Gasteiger partial charge < -0.3 is 10.0 Å². The predicted molar refractivity (Wildman–Crippen MR) is 142 cm³/mol. The van der Waals surface area contributed by atoms with Gasteiger partial charge in [0.2, 0.25) is 5.78 Å². The Hall–Kier alpha value is -3.81. The molecular weight excluding hydrogens is 511 g/mol. The molecule has 0 saturated carbocycles. The number of carbonyl (C=O) groups excluding carboxylic acids is 2. The number of amides is 1. The number of aliphatic hydroxyl groups excluding tert-OH is 1. The Labute approximate surface area is 222 Å². The Morgan fingerprint density at radius 3 is 2.41 bits per heavy atom. The van der Waals surface area contributed by atoms with Crippen LogP contribution in [0.25, 0.3) is 10.6 Å². The first kappa shape index (κ1) is 24.9. The minimum atomic E-state index is -0.806. The van der Waals surface area contributed by atoms with Crippen LogP contribution in [0.3, 0.4) is 0 Å². The van der Waals surface area contributed by atoms with Crippen LogP contribution in [0.2, 0.25) is 5.02 Å². The van der Waals surface area contributed by atoms with E-state index in [1.54, 1.807) is 43.3 Å². The molecule has 0 radical (unpaired) electrons. The van der Waals surface area contributed by atoms with Gasteiger partial charge in [-0.3, -0.25) is 9.59 Å². The van der Waals surface area contributed by atoms with Gasteiger partial charge in [-0.1, -0.05) is 66.2 Å². The van der Waals surface area contributed by atoms with Crippen molar-refractivity contribution in [2.24, 2.45) is 0 Å². The minimum absolute atomic E-state index is 0.0118. The number of rotatable bonds is 7. The molecule has 1 N–H and O–H groups in total. The fourth-order valence-corrected chi connectivity index (χ4v) is 5.59. The zero-order chi connectivity index (χ0) is 26.1. The number of aryl methyl sites for hydroxylation is 1. The second-order valence-corrected chi connectivity index (χ2v) is 10.2. The van der Waals surface area contributed by atoms with Gasteiger partial charge in [-0.15, -0.1) is 11.3 Å². The number of carbonyl (C=O) groups is 2. The molecule has 1 aromatic heterocycles. The number of benzene rings is 3. The van der Waals surface area contributed by atoms with Gasteiger partial charge in [0.15, 0.2) is 5.76 Å². The van der Waals surface area contributed by atoms with Crippen LogP contribution >= 0.6 is 22.9 Å². The monoisotopic (exact) mass is 532 g/mol. The number of halogens is 2. The second-order valence-electron chi connectivity index (χ2n) is 8.72. The summed E-state index contributed by atoms with van der Waals surface area (Å²) in [6, 6.07) is 21.6. The fourth-order valence-electron chi connectivity index (χ4n) is 4.44. The zero-order valence-electron chi connectivity index (χ0n) is 19.8. The van der Waals surface area contributed by atoms with Crippen molar-refractivity contribution in [1.29, 1.82) is 0 Å². The molecule has 4 aromatic rings. The molecule has 5 nitrogen and oxygen atoms in total. The summed E-state index contributed by atoms with van der Waals surface area (Å²) in [6.45, 7) is 1.96. The van der Waals surface area contributed by atoms with Gasteiger partial charge in [0, 0.05) is 17.1 Å². The number of hydrogen-bond acceptors (Lipinski definition) is 5. The molecule has 0 fully saturated rings. The largest absolute Gasteiger partial charge is 0.503 e. The maximum atomic E-state index is 13.9. The Kier molecular flexibility index (Phi) is 6.91. The van der Waals surface area contributed by atoms with Crippen molar-refractivity contribution in [3.05, 3.63) is 123 Å². The third-order valence-corrected chi connectivity index (χ3v) is 7.77. The van der Waals surface area contributed by atoms with Crippen molar-refractivity contribution in [3.63, 3.8) is 0 Å². The normalized spacial score (nSPS) is 15.5. The van der Waals surface area contributed by atoms with Gasteiger partial charge in [-0.05, 0) is 48.7 Å². The SMILES string of the molecule is Cc1nc(-c2ccccc2)sc1C(=O)C1=C(O)C(=O)N(CCc2ccc(F)cc2)C1c1ccc(Cl)cc1. The lowest BCUT2D eigenvalue weighted by Gasteiger charge is -2.27. The van der Waals surface area contributed by atoms with Gasteiger partial charge >= 0.3 is 0 Å². The van der Waals surface area contributed by atoms with Crippen molar-refractivity contribution in [1.82, 2.24) is 9.88 Å². The van der Waals surface area contributed by atoms with Crippen LogP contribution < -0.4 is 0 Å². The molecule has 1 amide bonds. The van der Waals surface area contributed by atoms with Crippen molar-refractivity contribution in [2.45, 2.75) is 19.4 Å².